The molecule has 0 spiro atoms. The smallest absolute Gasteiger partial charge is 0.310 e. The largest absolute Gasteiger partial charge is 0.481 e. The second-order valence-electron chi connectivity index (χ2n) is 6.14. The van der Waals surface area contributed by atoms with Gasteiger partial charge in [-0.05, 0) is 43.4 Å². The number of carboxylic acids is 1. The third-order valence-electron chi connectivity index (χ3n) is 4.95. The first-order valence-electron chi connectivity index (χ1n) is 7.79. The third-order valence-corrected chi connectivity index (χ3v) is 4.95. The molecular formula is C17H23NO2. The third kappa shape index (κ3) is 2.30. The quantitative estimate of drug-likeness (QED) is 0.915. The fourth-order valence-electron chi connectivity index (χ4n) is 3.80. The van der Waals surface area contributed by atoms with Crippen LogP contribution in [-0.4, -0.2) is 23.7 Å². The van der Waals surface area contributed by atoms with Gasteiger partial charge in [0.1, 0.15) is 0 Å². The highest BCUT2D eigenvalue weighted by Gasteiger charge is 2.30. The molecule has 2 aliphatic rings. The molecule has 1 unspecified atom stereocenters. The molecule has 0 saturated heterocycles. The normalized spacial score (nSPS) is 20.8. The summed E-state index contributed by atoms with van der Waals surface area (Å²) in [5, 5.41) is 9.27. The summed E-state index contributed by atoms with van der Waals surface area (Å²) in [6.07, 6.45) is 7.62. The lowest BCUT2D eigenvalue weighted by molar-refractivity contribution is -0.138. The number of fused-ring (bicyclic) bond motifs is 1. The fourth-order valence-corrected chi connectivity index (χ4v) is 3.80. The van der Waals surface area contributed by atoms with Crippen LogP contribution >= 0.6 is 0 Å². The molecule has 1 fully saturated rings. The molecule has 0 bridgehead atoms. The van der Waals surface area contributed by atoms with E-state index < -0.39 is 11.9 Å². The van der Waals surface area contributed by atoms with E-state index in [1.807, 2.05) is 12.1 Å². The molecule has 3 nitrogen and oxygen atoms in total. The lowest BCUT2D eigenvalue weighted by atomic mass is 9.93. The SMILES string of the molecule is CC(C(=O)O)c1cccc2c1CCN2C1CCCCC1. The Kier molecular flexibility index (Phi) is 3.68. The van der Waals surface area contributed by atoms with Crippen molar-refractivity contribution >= 4 is 11.7 Å². The van der Waals surface area contributed by atoms with Crippen LogP contribution in [-0.2, 0) is 11.2 Å². The van der Waals surface area contributed by atoms with Crippen LogP contribution in [0.15, 0.2) is 18.2 Å². The van der Waals surface area contributed by atoms with E-state index in [1.54, 1.807) is 6.92 Å². The van der Waals surface area contributed by atoms with Crippen LogP contribution in [0, 0.1) is 0 Å². The van der Waals surface area contributed by atoms with Crippen molar-refractivity contribution in [3.05, 3.63) is 29.3 Å². The summed E-state index contributed by atoms with van der Waals surface area (Å²) < 4.78 is 0. The van der Waals surface area contributed by atoms with Crippen molar-refractivity contribution < 1.29 is 9.90 Å². The minimum absolute atomic E-state index is 0.406. The Labute approximate surface area is 120 Å². The van der Waals surface area contributed by atoms with E-state index in [0.29, 0.717) is 6.04 Å². The lowest BCUT2D eigenvalue weighted by Crippen LogP contribution is -2.35. The molecule has 0 amide bonds. The highest BCUT2D eigenvalue weighted by Crippen LogP contribution is 2.38. The second kappa shape index (κ2) is 5.47. The molecule has 1 atom stereocenters. The number of hydrogen-bond donors (Lipinski definition) is 1. The van der Waals surface area contributed by atoms with Crippen molar-refractivity contribution in [2.75, 3.05) is 11.4 Å². The van der Waals surface area contributed by atoms with Crippen LogP contribution in [0.2, 0.25) is 0 Å². The number of nitrogens with zero attached hydrogens (tertiary/aromatic N) is 1. The van der Waals surface area contributed by atoms with E-state index in [-0.39, 0.29) is 0 Å². The molecule has 1 aliphatic carbocycles. The van der Waals surface area contributed by atoms with Gasteiger partial charge in [0.25, 0.3) is 0 Å². The molecule has 3 rings (SSSR count). The van der Waals surface area contributed by atoms with E-state index in [1.165, 1.54) is 43.4 Å². The van der Waals surface area contributed by atoms with Gasteiger partial charge < -0.3 is 10.0 Å². The molecule has 1 saturated carbocycles. The maximum atomic E-state index is 11.3. The maximum Gasteiger partial charge on any atom is 0.310 e. The molecule has 1 heterocycles. The zero-order valence-electron chi connectivity index (χ0n) is 12.1. The van der Waals surface area contributed by atoms with Crippen LogP contribution in [0.4, 0.5) is 5.69 Å². The van der Waals surface area contributed by atoms with Crippen LogP contribution < -0.4 is 4.90 Å². The zero-order chi connectivity index (χ0) is 14.1. The standard InChI is InChI=1S/C17H23NO2/c1-12(17(19)20)14-8-5-9-16-15(14)10-11-18(16)13-6-3-2-4-7-13/h5,8-9,12-13H,2-4,6-7,10-11H2,1H3,(H,19,20). The van der Waals surface area contributed by atoms with Crippen molar-refractivity contribution in [3.63, 3.8) is 0 Å². The van der Waals surface area contributed by atoms with Crippen molar-refractivity contribution in [3.8, 4) is 0 Å². The summed E-state index contributed by atoms with van der Waals surface area (Å²) in [5.74, 6) is -1.13. The summed E-state index contributed by atoms with van der Waals surface area (Å²) in [7, 11) is 0. The molecule has 108 valence electrons. The molecule has 0 aromatic heterocycles. The summed E-state index contributed by atoms with van der Waals surface area (Å²) >= 11 is 0. The summed E-state index contributed by atoms with van der Waals surface area (Å²) in [4.78, 5) is 13.8. The second-order valence-corrected chi connectivity index (χ2v) is 6.14. The number of hydrogen-bond acceptors (Lipinski definition) is 2. The van der Waals surface area contributed by atoms with Gasteiger partial charge >= 0.3 is 5.97 Å². The molecule has 1 N–H and O–H groups in total. The molecule has 0 radical (unpaired) electrons. The van der Waals surface area contributed by atoms with Gasteiger partial charge in [-0.1, -0.05) is 31.4 Å². The molecule has 3 heteroatoms. The highest BCUT2D eigenvalue weighted by atomic mass is 16.4. The van der Waals surface area contributed by atoms with Crippen molar-refractivity contribution in [2.24, 2.45) is 0 Å². The Morgan fingerprint density at radius 2 is 2.05 bits per heavy atom. The van der Waals surface area contributed by atoms with Gasteiger partial charge in [0.15, 0.2) is 0 Å². The summed E-state index contributed by atoms with van der Waals surface area (Å²) in [6, 6.07) is 6.85. The van der Waals surface area contributed by atoms with E-state index in [2.05, 4.69) is 11.0 Å². The number of aliphatic carboxylic acids is 1. The van der Waals surface area contributed by atoms with E-state index in [9.17, 15) is 9.90 Å². The summed E-state index contributed by atoms with van der Waals surface area (Å²) in [5.41, 5.74) is 3.57. The number of carboxylic acid groups (broad SMARTS) is 1. The first-order chi connectivity index (χ1) is 9.68. The first kappa shape index (κ1) is 13.5. The zero-order valence-corrected chi connectivity index (χ0v) is 12.1. The average molecular weight is 273 g/mol. The van der Waals surface area contributed by atoms with E-state index in [0.717, 1.165) is 18.5 Å². The fraction of sp³-hybridized carbons (Fsp3) is 0.588. The molecule has 1 aromatic carbocycles. The Hall–Kier alpha value is -1.51. The number of anilines is 1. The number of rotatable bonds is 3. The predicted molar refractivity (Wildman–Crippen MR) is 80.4 cm³/mol. The Morgan fingerprint density at radius 3 is 2.75 bits per heavy atom. The number of benzene rings is 1. The molecule has 1 aliphatic heterocycles. The maximum absolute atomic E-state index is 11.3. The minimum atomic E-state index is -0.727. The predicted octanol–water partition coefficient (Wildman–Crippen LogP) is 3.57. The van der Waals surface area contributed by atoms with Crippen molar-refractivity contribution in [1.82, 2.24) is 0 Å². The average Bonchev–Trinajstić information content (AvgIpc) is 2.91. The lowest BCUT2D eigenvalue weighted by Gasteiger charge is -2.33. The van der Waals surface area contributed by atoms with Gasteiger partial charge in [0.2, 0.25) is 0 Å². The van der Waals surface area contributed by atoms with E-state index >= 15 is 0 Å². The molecule has 1 aromatic rings. The Balaban J connectivity index is 1.90. The van der Waals surface area contributed by atoms with Gasteiger partial charge in [0.05, 0.1) is 5.92 Å². The van der Waals surface area contributed by atoms with Gasteiger partial charge in [-0.3, -0.25) is 4.79 Å². The topological polar surface area (TPSA) is 40.5 Å². The first-order valence-corrected chi connectivity index (χ1v) is 7.79. The minimum Gasteiger partial charge on any atom is -0.481 e. The Bertz CT molecular complexity index is 506. The van der Waals surface area contributed by atoms with E-state index in [4.69, 9.17) is 0 Å². The van der Waals surface area contributed by atoms with Gasteiger partial charge in [-0.15, -0.1) is 0 Å². The summed E-state index contributed by atoms with van der Waals surface area (Å²) in [6.45, 7) is 2.85. The van der Waals surface area contributed by atoms with Gasteiger partial charge in [-0.2, -0.15) is 0 Å². The van der Waals surface area contributed by atoms with Crippen molar-refractivity contribution in [1.29, 1.82) is 0 Å². The monoisotopic (exact) mass is 273 g/mol. The van der Waals surface area contributed by atoms with Gasteiger partial charge in [0, 0.05) is 18.3 Å². The molecular weight excluding hydrogens is 250 g/mol. The number of carbonyl (C=O) groups is 1. The van der Waals surface area contributed by atoms with Crippen LogP contribution in [0.3, 0.4) is 0 Å². The van der Waals surface area contributed by atoms with Crippen LogP contribution in [0.5, 0.6) is 0 Å². The Morgan fingerprint density at radius 1 is 1.30 bits per heavy atom. The molecule has 20 heavy (non-hydrogen) atoms. The van der Waals surface area contributed by atoms with Crippen molar-refractivity contribution in [2.45, 2.75) is 57.4 Å². The van der Waals surface area contributed by atoms with Crippen LogP contribution in [0.1, 0.15) is 56.1 Å². The van der Waals surface area contributed by atoms with Crippen LogP contribution in [0.25, 0.3) is 0 Å². The highest BCUT2D eigenvalue weighted by molar-refractivity contribution is 5.78. The van der Waals surface area contributed by atoms with Gasteiger partial charge in [-0.25, -0.2) is 0 Å².